The summed E-state index contributed by atoms with van der Waals surface area (Å²) >= 11 is 0. The smallest absolute Gasteiger partial charge is 0.143 e. The number of benzene rings is 6. The Bertz CT molecular complexity index is 2340. The molecule has 1 aliphatic heterocycles. The number of hydrogen-bond donors (Lipinski definition) is 1. The highest BCUT2D eigenvalue weighted by Gasteiger charge is 2.18. The first kappa shape index (κ1) is 22.3. The third kappa shape index (κ3) is 3.33. The van der Waals surface area contributed by atoms with Crippen LogP contribution in [0.5, 0.6) is 0 Å². The highest BCUT2D eigenvalue weighted by atomic mass is 16.3. The van der Waals surface area contributed by atoms with Crippen molar-refractivity contribution in [1.82, 2.24) is 4.57 Å². The van der Waals surface area contributed by atoms with Crippen molar-refractivity contribution in [1.29, 1.82) is 0 Å². The van der Waals surface area contributed by atoms with E-state index >= 15 is 0 Å². The molecular formula is C38H24N2O. The van der Waals surface area contributed by atoms with Crippen molar-refractivity contribution < 1.29 is 4.42 Å². The van der Waals surface area contributed by atoms with Crippen LogP contribution in [-0.2, 0) is 0 Å². The van der Waals surface area contributed by atoms with Crippen molar-refractivity contribution in [3.63, 3.8) is 0 Å². The molecule has 1 aliphatic rings. The van der Waals surface area contributed by atoms with E-state index in [1.165, 1.54) is 21.8 Å². The molecule has 0 aliphatic carbocycles. The van der Waals surface area contributed by atoms with Crippen LogP contribution in [0.15, 0.2) is 132 Å². The first-order valence-corrected chi connectivity index (χ1v) is 13.9. The second-order valence-corrected chi connectivity index (χ2v) is 10.7. The van der Waals surface area contributed by atoms with E-state index in [-0.39, 0.29) is 0 Å². The zero-order valence-corrected chi connectivity index (χ0v) is 22.1. The molecule has 1 N–H and O–H groups in total. The molecule has 192 valence electrons. The Balaban J connectivity index is 1.20. The maximum absolute atomic E-state index is 6.34. The normalized spacial score (nSPS) is 12.5. The number of furan rings is 1. The molecule has 3 nitrogen and oxygen atoms in total. The van der Waals surface area contributed by atoms with Crippen LogP contribution in [0.4, 0.5) is 11.4 Å². The van der Waals surface area contributed by atoms with Gasteiger partial charge in [0.2, 0.25) is 0 Å². The van der Waals surface area contributed by atoms with Gasteiger partial charge >= 0.3 is 0 Å². The molecule has 0 bridgehead atoms. The lowest BCUT2D eigenvalue weighted by Gasteiger charge is -2.13. The molecule has 2 aromatic heterocycles. The zero-order chi connectivity index (χ0) is 26.9. The average Bonchev–Trinajstić information content (AvgIpc) is 3.50. The van der Waals surface area contributed by atoms with Crippen LogP contribution in [0.25, 0.3) is 72.7 Å². The van der Waals surface area contributed by atoms with Gasteiger partial charge in [-0.2, -0.15) is 0 Å². The Morgan fingerprint density at radius 3 is 2.17 bits per heavy atom. The van der Waals surface area contributed by atoms with Gasteiger partial charge in [0, 0.05) is 49.7 Å². The van der Waals surface area contributed by atoms with Crippen molar-refractivity contribution in [2.45, 2.75) is 0 Å². The monoisotopic (exact) mass is 524 g/mol. The minimum absolute atomic E-state index is 0.917. The second-order valence-electron chi connectivity index (χ2n) is 10.7. The van der Waals surface area contributed by atoms with Crippen LogP contribution in [0.2, 0.25) is 0 Å². The molecule has 6 aromatic carbocycles. The summed E-state index contributed by atoms with van der Waals surface area (Å²) < 4.78 is 8.70. The summed E-state index contributed by atoms with van der Waals surface area (Å²) in [6.45, 7) is 0. The third-order valence-corrected chi connectivity index (χ3v) is 8.34. The van der Waals surface area contributed by atoms with E-state index in [1.54, 1.807) is 0 Å². The van der Waals surface area contributed by atoms with Gasteiger partial charge in [0.05, 0.1) is 11.0 Å². The summed E-state index contributed by atoms with van der Waals surface area (Å²) in [5, 5.41) is 8.53. The fraction of sp³-hybridized carbons (Fsp3) is 0. The standard InChI is InChI=1S/C38H24N2O/c1-2-9-27(10-3-1)40-35-15-6-4-11-29(35)32-23-34-26(22-36(32)40)18-17-25-21-24(19-20-33(25)39-34)28-13-8-14-31-30-12-5-7-16-37(30)41-38(28)31/h1-23,39H. The highest BCUT2D eigenvalue weighted by Crippen LogP contribution is 2.41. The number of para-hydroxylation sites is 4. The molecule has 3 heterocycles. The van der Waals surface area contributed by atoms with Crippen molar-refractivity contribution >= 4 is 67.3 Å². The molecule has 8 aromatic rings. The number of nitrogens with zero attached hydrogens (tertiary/aromatic N) is 1. The van der Waals surface area contributed by atoms with Crippen LogP contribution >= 0.6 is 0 Å². The van der Waals surface area contributed by atoms with Gasteiger partial charge in [0.1, 0.15) is 11.2 Å². The molecule has 0 unspecified atom stereocenters. The topological polar surface area (TPSA) is 30.1 Å². The predicted molar refractivity (Wildman–Crippen MR) is 172 cm³/mol. The molecule has 41 heavy (non-hydrogen) atoms. The van der Waals surface area contributed by atoms with Crippen LogP contribution in [-0.4, -0.2) is 4.57 Å². The van der Waals surface area contributed by atoms with Crippen molar-refractivity contribution in [3.8, 4) is 16.8 Å². The predicted octanol–water partition coefficient (Wildman–Crippen LogP) is 10.6. The fourth-order valence-corrected chi connectivity index (χ4v) is 6.41. The van der Waals surface area contributed by atoms with E-state index in [0.29, 0.717) is 0 Å². The maximum atomic E-state index is 6.34. The molecule has 0 spiro atoms. The molecule has 9 rings (SSSR count). The fourth-order valence-electron chi connectivity index (χ4n) is 6.41. The zero-order valence-electron chi connectivity index (χ0n) is 22.1. The van der Waals surface area contributed by atoms with Gasteiger partial charge in [0.15, 0.2) is 0 Å². The number of rotatable bonds is 2. The van der Waals surface area contributed by atoms with E-state index in [1.807, 2.05) is 12.1 Å². The van der Waals surface area contributed by atoms with Gasteiger partial charge in [-0.15, -0.1) is 0 Å². The molecule has 0 saturated heterocycles. The lowest BCUT2D eigenvalue weighted by molar-refractivity contribution is 0.670. The molecule has 0 saturated carbocycles. The minimum Gasteiger partial charge on any atom is -0.455 e. The van der Waals surface area contributed by atoms with Crippen LogP contribution in [0.1, 0.15) is 11.1 Å². The lowest BCUT2D eigenvalue weighted by atomic mass is 9.99. The summed E-state index contributed by atoms with van der Waals surface area (Å²) in [6, 6.07) is 45.2. The van der Waals surface area contributed by atoms with E-state index in [4.69, 9.17) is 4.42 Å². The number of aromatic nitrogens is 1. The summed E-state index contributed by atoms with van der Waals surface area (Å²) in [7, 11) is 0. The lowest BCUT2D eigenvalue weighted by Crippen LogP contribution is -1.96. The van der Waals surface area contributed by atoms with Crippen LogP contribution < -0.4 is 5.32 Å². The Morgan fingerprint density at radius 1 is 0.512 bits per heavy atom. The highest BCUT2D eigenvalue weighted by molar-refractivity contribution is 6.12. The summed E-state index contributed by atoms with van der Waals surface area (Å²) in [5.41, 5.74) is 12.2. The number of anilines is 2. The molecule has 0 radical (unpaired) electrons. The first-order valence-electron chi connectivity index (χ1n) is 13.9. The molecule has 0 amide bonds. The van der Waals surface area contributed by atoms with Gasteiger partial charge in [-0.25, -0.2) is 0 Å². The summed E-state index contributed by atoms with van der Waals surface area (Å²) in [5.74, 6) is 0. The molecule has 0 fully saturated rings. The number of hydrogen-bond acceptors (Lipinski definition) is 2. The Kier molecular flexibility index (Phi) is 4.61. The second kappa shape index (κ2) is 8.48. The summed E-state index contributed by atoms with van der Waals surface area (Å²) in [6.07, 6.45) is 4.45. The van der Waals surface area contributed by atoms with E-state index in [0.717, 1.165) is 61.3 Å². The quantitative estimate of drug-likeness (QED) is 0.244. The van der Waals surface area contributed by atoms with Crippen molar-refractivity contribution in [3.05, 3.63) is 139 Å². The number of nitrogens with one attached hydrogen (secondary N) is 1. The Labute approximate surface area is 236 Å². The maximum Gasteiger partial charge on any atom is 0.143 e. The van der Waals surface area contributed by atoms with Crippen molar-refractivity contribution in [2.75, 3.05) is 5.32 Å². The van der Waals surface area contributed by atoms with Crippen LogP contribution in [0.3, 0.4) is 0 Å². The van der Waals surface area contributed by atoms with E-state index in [2.05, 4.69) is 137 Å². The van der Waals surface area contributed by atoms with E-state index in [9.17, 15) is 0 Å². The van der Waals surface area contributed by atoms with Gasteiger partial charge in [-0.3, -0.25) is 0 Å². The molecule has 3 heteroatoms. The van der Waals surface area contributed by atoms with Crippen LogP contribution in [0, 0.1) is 0 Å². The first-order chi connectivity index (χ1) is 20.3. The number of fused-ring (bicyclic) bond motifs is 8. The van der Waals surface area contributed by atoms with E-state index < -0.39 is 0 Å². The third-order valence-electron chi connectivity index (χ3n) is 8.34. The Hall–Kier alpha value is -5.54. The molecular weight excluding hydrogens is 500 g/mol. The average molecular weight is 525 g/mol. The van der Waals surface area contributed by atoms with Gasteiger partial charge < -0.3 is 14.3 Å². The van der Waals surface area contributed by atoms with Crippen molar-refractivity contribution in [2.24, 2.45) is 0 Å². The largest absolute Gasteiger partial charge is 0.455 e. The minimum atomic E-state index is 0.917. The van der Waals surface area contributed by atoms with Gasteiger partial charge in [0.25, 0.3) is 0 Å². The molecule has 0 atom stereocenters. The van der Waals surface area contributed by atoms with Gasteiger partial charge in [-0.1, -0.05) is 91.0 Å². The SMILES string of the molecule is C1=Cc2cc3c(cc2Nc2ccc(-c4cccc5c4oc4ccccc45)cc21)c1ccccc1n3-c1ccccc1. The Morgan fingerprint density at radius 2 is 1.27 bits per heavy atom. The van der Waals surface area contributed by atoms with Gasteiger partial charge in [-0.05, 0) is 59.7 Å². The summed E-state index contributed by atoms with van der Waals surface area (Å²) in [4.78, 5) is 0.